The number of fused-ring (bicyclic) bond motifs is 1. The number of aryl methyl sites for hydroxylation is 1. The normalized spacial score (nSPS) is 17.0. The molecule has 1 atom stereocenters. The lowest BCUT2D eigenvalue weighted by Gasteiger charge is -2.16. The van der Waals surface area contributed by atoms with Gasteiger partial charge in [0.25, 0.3) is 0 Å². The number of primary amides is 1. The fourth-order valence-corrected chi connectivity index (χ4v) is 2.72. The molecule has 1 aliphatic heterocycles. The third-order valence-corrected chi connectivity index (χ3v) is 3.71. The molecule has 0 radical (unpaired) electrons. The Morgan fingerprint density at radius 1 is 1.48 bits per heavy atom. The van der Waals surface area contributed by atoms with E-state index in [4.69, 9.17) is 10.3 Å². The Hall–Kier alpha value is -2.37. The summed E-state index contributed by atoms with van der Waals surface area (Å²) in [6.45, 7) is 3.13. The van der Waals surface area contributed by atoms with E-state index >= 15 is 0 Å². The molecule has 1 aromatic carbocycles. The molecule has 2 N–H and O–H groups in total. The van der Waals surface area contributed by atoms with Crippen molar-refractivity contribution in [2.24, 2.45) is 5.73 Å². The number of carbonyl (C=O) groups excluding carboxylic acids is 1. The van der Waals surface area contributed by atoms with Gasteiger partial charge in [-0.2, -0.15) is 4.98 Å². The van der Waals surface area contributed by atoms with Gasteiger partial charge in [0, 0.05) is 18.7 Å². The van der Waals surface area contributed by atoms with Gasteiger partial charge in [-0.25, -0.2) is 0 Å². The molecule has 0 bridgehead atoms. The van der Waals surface area contributed by atoms with E-state index < -0.39 is 0 Å². The van der Waals surface area contributed by atoms with Gasteiger partial charge < -0.3 is 15.2 Å². The van der Waals surface area contributed by atoms with E-state index in [2.05, 4.69) is 22.0 Å². The average molecular weight is 286 g/mol. The number of hydrogen-bond acceptors (Lipinski definition) is 5. The summed E-state index contributed by atoms with van der Waals surface area (Å²) in [5.74, 6) is 0.714. The lowest BCUT2D eigenvalue weighted by atomic mass is 10.0. The van der Waals surface area contributed by atoms with Crippen LogP contribution < -0.4 is 10.6 Å². The van der Waals surface area contributed by atoms with Crippen LogP contribution in [-0.4, -0.2) is 22.6 Å². The van der Waals surface area contributed by atoms with Gasteiger partial charge in [-0.3, -0.25) is 4.79 Å². The number of nitrogens with two attached hydrogens (primary N) is 1. The second-order valence-corrected chi connectivity index (χ2v) is 5.25. The van der Waals surface area contributed by atoms with Crippen molar-refractivity contribution in [3.63, 3.8) is 0 Å². The van der Waals surface area contributed by atoms with Gasteiger partial charge in [0.2, 0.25) is 11.8 Å². The number of nitrogens with zero attached hydrogens (tertiary/aromatic N) is 3. The predicted molar refractivity (Wildman–Crippen MR) is 77.7 cm³/mol. The number of hydrogen-bond donors (Lipinski definition) is 1. The molecule has 6 nitrogen and oxygen atoms in total. The Kier molecular flexibility index (Phi) is 3.60. The minimum atomic E-state index is -0.304. The lowest BCUT2D eigenvalue weighted by Crippen LogP contribution is -2.28. The van der Waals surface area contributed by atoms with Gasteiger partial charge in [-0.1, -0.05) is 30.3 Å². The second-order valence-electron chi connectivity index (χ2n) is 5.25. The van der Waals surface area contributed by atoms with Gasteiger partial charge in [-0.05, 0) is 18.1 Å². The summed E-state index contributed by atoms with van der Waals surface area (Å²) in [6.07, 6.45) is 1.79. The maximum absolute atomic E-state index is 11.6. The van der Waals surface area contributed by atoms with E-state index in [9.17, 15) is 4.79 Å². The molecule has 0 aliphatic carbocycles. The molecule has 0 fully saturated rings. The minimum absolute atomic E-state index is 0.278. The molecular weight excluding hydrogens is 268 g/mol. The molecule has 1 unspecified atom stereocenters. The van der Waals surface area contributed by atoms with Crippen molar-refractivity contribution in [1.29, 1.82) is 0 Å². The zero-order chi connectivity index (χ0) is 14.8. The van der Waals surface area contributed by atoms with Crippen LogP contribution in [0.2, 0.25) is 0 Å². The van der Waals surface area contributed by atoms with Gasteiger partial charge in [0.1, 0.15) is 0 Å². The predicted octanol–water partition coefficient (Wildman–Crippen LogP) is 1.61. The van der Waals surface area contributed by atoms with Gasteiger partial charge in [-0.15, -0.1) is 0 Å². The Morgan fingerprint density at radius 3 is 3.05 bits per heavy atom. The number of rotatable bonds is 5. The molecule has 6 heteroatoms. The summed E-state index contributed by atoms with van der Waals surface area (Å²) in [5.41, 5.74) is 7.48. The Bertz CT molecular complexity index is 653. The van der Waals surface area contributed by atoms with E-state index in [1.165, 1.54) is 0 Å². The Labute approximate surface area is 122 Å². The van der Waals surface area contributed by atoms with Crippen LogP contribution in [0.1, 0.15) is 36.5 Å². The first kappa shape index (κ1) is 13.6. The van der Waals surface area contributed by atoms with Crippen LogP contribution in [0.4, 0.5) is 5.69 Å². The molecule has 3 rings (SSSR count). The lowest BCUT2D eigenvalue weighted by molar-refractivity contribution is -0.119. The smallest absolute Gasteiger partial charge is 0.246 e. The van der Waals surface area contributed by atoms with Gasteiger partial charge in [0.15, 0.2) is 5.82 Å². The highest BCUT2D eigenvalue weighted by molar-refractivity contribution is 5.87. The monoisotopic (exact) mass is 286 g/mol. The van der Waals surface area contributed by atoms with Crippen molar-refractivity contribution in [1.82, 2.24) is 10.1 Å². The van der Waals surface area contributed by atoms with Crippen molar-refractivity contribution >= 4 is 11.6 Å². The summed E-state index contributed by atoms with van der Waals surface area (Å²) >= 11 is 0. The first-order valence-corrected chi connectivity index (χ1v) is 7.13. The quantitative estimate of drug-likeness (QED) is 0.902. The number of amides is 1. The molecule has 21 heavy (non-hydrogen) atoms. The second kappa shape index (κ2) is 5.55. The third kappa shape index (κ3) is 2.61. The molecule has 110 valence electrons. The van der Waals surface area contributed by atoms with Crippen LogP contribution in [0, 0.1) is 0 Å². The highest BCUT2D eigenvalue weighted by Gasteiger charge is 2.32. The van der Waals surface area contributed by atoms with E-state index in [1.807, 2.05) is 24.3 Å². The zero-order valence-electron chi connectivity index (χ0n) is 12.0. The molecule has 1 aliphatic rings. The number of aromatic nitrogens is 2. The zero-order valence-corrected chi connectivity index (χ0v) is 12.0. The maximum atomic E-state index is 11.6. The fraction of sp³-hybridized carbons (Fsp3) is 0.400. The molecule has 2 heterocycles. The maximum Gasteiger partial charge on any atom is 0.246 e. The molecular formula is C15H18N4O2. The van der Waals surface area contributed by atoms with E-state index in [0.717, 1.165) is 29.9 Å². The van der Waals surface area contributed by atoms with E-state index in [1.54, 1.807) is 0 Å². The van der Waals surface area contributed by atoms with Crippen LogP contribution >= 0.6 is 0 Å². The standard InChI is InChI=1S/C15H18N4O2/c1-2-5-13-17-14(21-18-13)9-19-8-11(15(16)20)10-6-3-4-7-12(10)19/h3-4,6-7,11H,2,5,8-9H2,1H3,(H2,16,20). The van der Waals surface area contributed by atoms with Crippen LogP contribution in [0.3, 0.4) is 0 Å². The molecule has 0 spiro atoms. The summed E-state index contributed by atoms with van der Waals surface area (Å²) in [6, 6.07) is 7.80. The number of benzene rings is 1. The Morgan fingerprint density at radius 2 is 2.29 bits per heavy atom. The van der Waals surface area contributed by atoms with Crippen LogP contribution in [-0.2, 0) is 17.8 Å². The highest BCUT2D eigenvalue weighted by atomic mass is 16.5. The van der Waals surface area contributed by atoms with Gasteiger partial charge >= 0.3 is 0 Å². The molecule has 2 aromatic rings. The van der Waals surface area contributed by atoms with Crippen LogP contribution in [0.5, 0.6) is 0 Å². The van der Waals surface area contributed by atoms with Crippen LogP contribution in [0.15, 0.2) is 28.8 Å². The first-order valence-electron chi connectivity index (χ1n) is 7.13. The van der Waals surface area contributed by atoms with Crippen molar-refractivity contribution < 1.29 is 9.32 Å². The summed E-state index contributed by atoms with van der Waals surface area (Å²) in [4.78, 5) is 18.0. The fourth-order valence-electron chi connectivity index (χ4n) is 2.72. The van der Waals surface area contributed by atoms with Crippen molar-refractivity contribution in [2.75, 3.05) is 11.4 Å². The number of para-hydroxylation sites is 1. The molecule has 1 aromatic heterocycles. The van der Waals surface area contributed by atoms with E-state index in [-0.39, 0.29) is 11.8 Å². The summed E-state index contributed by atoms with van der Waals surface area (Å²) in [5, 5.41) is 3.95. The molecule has 0 saturated heterocycles. The van der Waals surface area contributed by atoms with E-state index in [0.29, 0.717) is 19.0 Å². The number of carbonyl (C=O) groups is 1. The van der Waals surface area contributed by atoms with Crippen molar-refractivity contribution in [3.8, 4) is 0 Å². The molecule has 0 saturated carbocycles. The van der Waals surface area contributed by atoms with Crippen molar-refractivity contribution in [3.05, 3.63) is 41.5 Å². The van der Waals surface area contributed by atoms with Crippen LogP contribution in [0.25, 0.3) is 0 Å². The Balaban J connectivity index is 1.81. The SMILES string of the molecule is CCCc1noc(CN2CC(C(N)=O)c3ccccc32)n1. The topological polar surface area (TPSA) is 85.3 Å². The molecule has 1 amide bonds. The van der Waals surface area contributed by atoms with Crippen molar-refractivity contribution in [2.45, 2.75) is 32.2 Å². The highest BCUT2D eigenvalue weighted by Crippen LogP contribution is 2.36. The van der Waals surface area contributed by atoms with Gasteiger partial charge in [0.05, 0.1) is 12.5 Å². The average Bonchev–Trinajstić information content (AvgIpc) is 3.05. The first-order chi connectivity index (χ1) is 10.2. The summed E-state index contributed by atoms with van der Waals surface area (Å²) in [7, 11) is 0. The minimum Gasteiger partial charge on any atom is -0.369 e. The summed E-state index contributed by atoms with van der Waals surface area (Å²) < 4.78 is 5.27. The number of anilines is 1. The third-order valence-electron chi connectivity index (χ3n) is 3.71. The largest absolute Gasteiger partial charge is 0.369 e.